The summed E-state index contributed by atoms with van der Waals surface area (Å²) in [5.74, 6) is -0.0430. The van der Waals surface area contributed by atoms with Crippen molar-refractivity contribution in [3.8, 4) is 0 Å². The molecule has 1 aromatic heterocycles. The number of rotatable bonds is 2. The Morgan fingerprint density at radius 1 is 1.44 bits per heavy atom. The van der Waals surface area contributed by atoms with Gasteiger partial charge in [0.2, 0.25) is 0 Å². The van der Waals surface area contributed by atoms with Crippen molar-refractivity contribution in [3.63, 3.8) is 0 Å². The fourth-order valence-electron chi connectivity index (χ4n) is 1.64. The predicted molar refractivity (Wildman–Crippen MR) is 58.9 cm³/mol. The van der Waals surface area contributed by atoms with E-state index in [1.54, 1.807) is 11.0 Å². The highest BCUT2D eigenvalue weighted by atomic mass is 16.5. The van der Waals surface area contributed by atoms with Crippen molar-refractivity contribution in [2.24, 2.45) is 5.73 Å². The lowest BCUT2D eigenvalue weighted by atomic mass is 10.2. The van der Waals surface area contributed by atoms with E-state index in [1.165, 1.54) is 0 Å². The van der Waals surface area contributed by atoms with Gasteiger partial charge in [-0.2, -0.15) is 0 Å². The molecule has 16 heavy (non-hydrogen) atoms. The second-order valence-corrected chi connectivity index (χ2v) is 3.62. The molecule has 5 nitrogen and oxygen atoms in total. The van der Waals surface area contributed by atoms with Gasteiger partial charge in [0, 0.05) is 19.6 Å². The van der Waals surface area contributed by atoms with Gasteiger partial charge in [0.25, 0.3) is 5.91 Å². The van der Waals surface area contributed by atoms with Crippen molar-refractivity contribution < 1.29 is 9.53 Å². The monoisotopic (exact) mass is 221 g/mol. The van der Waals surface area contributed by atoms with E-state index < -0.39 is 0 Å². The Kier molecular flexibility index (Phi) is 3.48. The zero-order chi connectivity index (χ0) is 11.4. The number of aromatic nitrogens is 1. The molecule has 0 spiro atoms. The van der Waals surface area contributed by atoms with Crippen molar-refractivity contribution in [3.05, 3.63) is 29.6 Å². The average Bonchev–Trinajstić information content (AvgIpc) is 2.39. The summed E-state index contributed by atoms with van der Waals surface area (Å²) in [6.07, 6.45) is 0. The summed E-state index contributed by atoms with van der Waals surface area (Å²) in [6.45, 7) is 2.82. The van der Waals surface area contributed by atoms with Gasteiger partial charge >= 0.3 is 0 Å². The van der Waals surface area contributed by atoms with Gasteiger partial charge in [-0.1, -0.05) is 6.07 Å². The summed E-state index contributed by atoms with van der Waals surface area (Å²) in [5, 5.41) is 0. The molecule has 0 bridgehead atoms. The van der Waals surface area contributed by atoms with Gasteiger partial charge in [0.1, 0.15) is 5.69 Å². The highest BCUT2D eigenvalue weighted by Crippen LogP contribution is 2.06. The zero-order valence-corrected chi connectivity index (χ0v) is 9.06. The van der Waals surface area contributed by atoms with Gasteiger partial charge in [0.15, 0.2) is 0 Å². The molecule has 1 fully saturated rings. The SMILES string of the molecule is NCc1cccc(C(=O)N2CCOCC2)n1. The molecule has 2 rings (SSSR count). The molecule has 1 aliphatic rings. The van der Waals surface area contributed by atoms with Gasteiger partial charge < -0.3 is 15.4 Å². The Bertz CT molecular complexity index is 375. The standard InChI is InChI=1S/C11H15N3O2/c12-8-9-2-1-3-10(13-9)11(15)14-4-6-16-7-5-14/h1-3H,4-8,12H2. The molecule has 1 aromatic rings. The Morgan fingerprint density at radius 2 is 2.19 bits per heavy atom. The van der Waals surface area contributed by atoms with E-state index in [4.69, 9.17) is 10.5 Å². The summed E-state index contributed by atoms with van der Waals surface area (Å²) in [5.41, 5.74) is 6.69. The van der Waals surface area contributed by atoms with Crippen LogP contribution in [0.5, 0.6) is 0 Å². The lowest BCUT2D eigenvalue weighted by molar-refractivity contribution is 0.0299. The fourth-order valence-corrected chi connectivity index (χ4v) is 1.64. The smallest absolute Gasteiger partial charge is 0.272 e. The first-order valence-electron chi connectivity index (χ1n) is 5.34. The zero-order valence-electron chi connectivity index (χ0n) is 9.06. The van der Waals surface area contributed by atoms with E-state index in [0.29, 0.717) is 38.5 Å². The maximum Gasteiger partial charge on any atom is 0.272 e. The molecular weight excluding hydrogens is 206 g/mol. The number of nitrogens with two attached hydrogens (primary N) is 1. The quantitative estimate of drug-likeness (QED) is 0.764. The maximum absolute atomic E-state index is 12.0. The number of hydrogen-bond donors (Lipinski definition) is 1. The second-order valence-electron chi connectivity index (χ2n) is 3.62. The van der Waals surface area contributed by atoms with E-state index in [9.17, 15) is 4.79 Å². The molecule has 0 radical (unpaired) electrons. The molecule has 5 heteroatoms. The lowest BCUT2D eigenvalue weighted by Gasteiger charge is -2.26. The highest BCUT2D eigenvalue weighted by Gasteiger charge is 2.19. The van der Waals surface area contributed by atoms with Crippen LogP contribution in [0.4, 0.5) is 0 Å². The third-order valence-electron chi connectivity index (χ3n) is 2.53. The van der Waals surface area contributed by atoms with Gasteiger partial charge in [-0.05, 0) is 12.1 Å². The van der Waals surface area contributed by atoms with E-state index in [2.05, 4.69) is 4.98 Å². The van der Waals surface area contributed by atoms with Gasteiger partial charge in [-0.3, -0.25) is 4.79 Å². The molecule has 86 valence electrons. The van der Waals surface area contributed by atoms with E-state index in [-0.39, 0.29) is 5.91 Å². The van der Waals surface area contributed by atoms with E-state index in [0.717, 1.165) is 5.69 Å². The molecular formula is C11H15N3O2. The maximum atomic E-state index is 12.0. The van der Waals surface area contributed by atoms with Gasteiger partial charge in [-0.15, -0.1) is 0 Å². The van der Waals surface area contributed by atoms with Crippen LogP contribution >= 0.6 is 0 Å². The van der Waals surface area contributed by atoms with E-state index in [1.807, 2.05) is 12.1 Å². The minimum Gasteiger partial charge on any atom is -0.378 e. The van der Waals surface area contributed by atoms with Crippen LogP contribution < -0.4 is 5.73 Å². The Labute approximate surface area is 94.2 Å². The number of ether oxygens (including phenoxy) is 1. The number of amides is 1. The normalized spacial score (nSPS) is 16.2. The molecule has 0 aromatic carbocycles. The molecule has 1 aliphatic heterocycles. The van der Waals surface area contributed by atoms with Crippen LogP contribution in [0, 0.1) is 0 Å². The minimum atomic E-state index is -0.0430. The van der Waals surface area contributed by atoms with Crippen LogP contribution in [0.1, 0.15) is 16.2 Å². The van der Waals surface area contributed by atoms with Gasteiger partial charge in [0.05, 0.1) is 18.9 Å². The lowest BCUT2D eigenvalue weighted by Crippen LogP contribution is -2.41. The van der Waals surface area contributed by atoms with Crippen LogP contribution in [-0.2, 0) is 11.3 Å². The van der Waals surface area contributed by atoms with Crippen molar-refractivity contribution in [1.82, 2.24) is 9.88 Å². The van der Waals surface area contributed by atoms with Crippen LogP contribution in [0.2, 0.25) is 0 Å². The van der Waals surface area contributed by atoms with Crippen LogP contribution in [0.15, 0.2) is 18.2 Å². The first kappa shape index (κ1) is 11.0. The fraction of sp³-hybridized carbons (Fsp3) is 0.455. The summed E-state index contributed by atoms with van der Waals surface area (Å²) in [7, 11) is 0. The Morgan fingerprint density at radius 3 is 2.88 bits per heavy atom. The van der Waals surface area contributed by atoms with Crippen molar-refractivity contribution in [2.45, 2.75) is 6.54 Å². The Balaban J connectivity index is 2.12. The van der Waals surface area contributed by atoms with Crippen molar-refractivity contribution in [1.29, 1.82) is 0 Å². The summed E-state index contributed by atoms with van der Waals surface area (Å²) in [4.78, 5) is 18.0. The molecule has 2 heterocycles. The van der Waals surface area contributed by atoms with Gasteiger partial charge in [-0.25, -0.2) is 4.98 Å². The third-order valence-corrected chi connectivity index (χ3v) is 2.53. The molecule has 0 aliphatic carbocycles. The second kappa shape index (κ2) is 5.05. The molecule has 0 saturated carbocycles. The van der Waals surface area contributed by atoms with Crippen molar-refractivity contribution in [2.75, 3.05) is 26.3 Å². The van der Waals surface area contributed by atoms with Crippen LogP contribution in [-0.4, -0.2) is 42.1 Å². The molecule has 0 unspecified atom stereocenters. The Hall–Kier alpha value is -1.46. The minimum absolute atomic E-state index is 0.0430. The summed E-state index contributed by atoms with van der Waals surface area (Å²) in [6, 6.07) is 5.34. The van der Waals surface area contributed by atoms with Crippen LogP contribution in [0.3, 0.4) is 0 Å². The topological polar surface area (TPSA) is 68.5 Å². The first-order chi connectivity index (χ1) is 7.81. The number of nitrogens with zero attached hydrogens (tertiary/aromatic N) is 2. The predicted octanol–water partition coefficient (Wildman–Crippen LogP) is 0.0127. The number of carbonyl (C=O) groups excluding carboxylic acids is 1. The highest BCUT2D eigenvalue weighted by molar-refractivity contribution is 5.92. The third kappa shape index (κ3) is 2.37. The van der Waals surface area contributed by atoms with Crippen LogP contribution in [0.25, 0.3) is 0 Å². The summed E-state index contributed by atoms with van der Waals surface area (Å²) >= 11 is 0. The average molecular weight is 221 g/mol. The first-order valence-corrected chi connectivity index (χ1v) is 5.34. The van der Waals surface area contributed by atoms with Crippen molar-refractivity contribution >= 4 is 5.91 Å². The summed E-state index contributed by atoms with van der Waals surface area (Å²) < 4.78 is 5.20. The number of morpholine rings is 1. The number of pyridine rings is 1. The van der Waals surface area contributed by atoms with E-state index >= 15 is 0 Å². The number of carbonyl (C=O) groups is 1. The molecule has 1 amide bonds. The molecule has 0 atom stereocenters. The largest absolute Gasteiger partial charge is 0.378 e. The number of hydrogen-bond acceptors (Lipinski definition) is 4. The molecule has 2 N–H and O–H groups in total. The molecule has 1 saturated heterocycles.